The summed E-state index contributed by atoms with van der Waals surface area (Å²) in [7, 11) is 0. The molecule has 18 heavy (non-hydrogen) atoms. The van der Waals surface area contributed by atoms with Crippen molar-refractivity contribution in [2.45, 2.75) is 32.7 Å². The molecule has 1 amide bonds. The molecule has 0 fully saturated rings. The van der Waals surface area contributed by atoms with Gasteiger partial charge in [0.25, 0.3) is 0 Å². The van der Waals surface area contributed by atoms with Crippen LogP contribution >= 0.6 is 0 Å². The predicted octanol–water partition coefficient (Wildman–Crippen LogP) is 0.787. The zero-order chi connectivity index (χ0) is 13.7. The molecule has 0 bridgehead atoms. The van der Waals surface area contributed by atoms with Crippen molar-refractivity contribution in [2.24, 2.45) is 17.8 Å². The number of carboxylic acids is 1. The van der Waals surface area contributed by atoms with Gasteiger partial charge in [0.05, 0.1) is 24.5 Å². The summed E-state index contributed by atoms with van der Waals surface area (Å²) >= 11 is 0. The van der Waals surface area contributed by atoms with E-state index in [-0.39, 0.29) is 24.5 Å². The molecule has 102 valence electrons. The Morgan fingerprint density at radius 1 is 1.28 bits per heavy atom. The number of aliphatic hydroxyl groups is 1. The summed E-state index contributed by atoms with van der Waals surface area (Å²) < 4.78 is 0. The number of carbonyl (C=O) groups excluding carboxylic acids is 1. The number of rotatable bonds is 5. The lowest BCUT2D eigenvalue weighted by Crippen LogP contribution is -2.46. The van der Waals surface area contributed by atoms with Crippen molar-refractivity contribution < 1.29 is 19.8 Å². The number of amides is 1. The molecule has 0 aromatic rings. The van der Waals surface area contributed by atoms with Crippen molar-refractivity contribution in [2.75, 3.05) is 6.61 Å². The minimum absolute atomic E-state index is 0.112. The molecule has 0 spiro atoms. The summed E-state index contributed by atoms with van der Waals surface area (Å²) in [5.74, 6) is -2.31. The first kappa shape index (κ1) is 14.7. The molecule has 5 heteroatoms. The van der Waals surface area contributed by atoms with Gasteiger partial charge in [-0.3, -0.25) is 9.59 Å². The maximum Gasteiger partial charge on any atom is 0.307 e. The molecule has 1 rings (SSSR count). The second-order valence-electron chi connectivity index (χ2n) is 5.04. The van der Waals surface area contributed by atoms with E-state index in [1.54, 1.807) is 6.08 Å². The third-order valence-electron chi connectivity index (χ3n) is 3.42. The average Bonchev–Trinajstić information content (AvgIpc) is 2.35. The Kier molecular flexibility index (Phi) is 5.34. The summed E-state index contributed by atoms with van der Waals surface area (Å²) in [5.41, 5.74) is 0. The molecule has 1 aliphatic rings. The van der Waals surface area contributed by atoms with Crippen LogP contribution < -0.4 is 5.32 Å². The van der Waals surface area contributed by atoms with Gasteiger partial charge in [0.15, 0.2) is 0 Å². The molecule has 0 aliphatic heterocycles. The van der Waals surface area contributed by atoms with Crippen LogP contribution in [0.5, 0.6) is 0 Å². The van der Waals surface area contributed by atoms with Crippen LogP contribution in [0.25, 0.3) is 0 Å². The first-order chi connectivity index (χ1) is 8.47. The highest BCUT2D eigenvalue weighted by Gasteiger charge is 2.34. The monoisotopic (exact) mass is 255 g/mol. The lowest BCUT2D eigenvalue weighted by molar-refractivity contribution is -0.147. The zero-order valence-corrected chi connectivity index (χ0v) is 10.8. The minimum atomic E-state index is -0.940. The number of aliphatic hydroxyl groups excluding tert-OH is 1. The van der Waals surface area contributed by atoms with Gasteiger partial charge in [0.2, 0.25) is 5.91 Å². The first-order valence-electron chi connectivity index (χ1n) is 6.26. The highest BCUT2D eigenvalue weighted by atomic mass is 16.4. The maximum atomic E-state index is 12.1. The molecule has 0 radical (unpaired) electrons. The van der Waals surface area contributed by atoms with Gasteiger partial charge in [-0.15, -0.1) is 0 Å². The SMILES string of the molecule is CC(C)C(CO)NC(=O)C1CC=CCC1C(=O)O. The Morgan fingerprint density at radius 2 is 1.83 bits per heavy atom. The van der Waals surface area contributed by atoms with Crippen molar-refractivity contribution in [1.29, 1.82) is 0 Å². The van der Waals surface area contributed by atoms with Gasteiger partial charge in [-0.05, 0) is 18.8 Å². The van der Waals surface area contributed by atoms with Gasteiger partial charge in [-0.25, -0.2) is 0 Å². The van der Waals surface area contributed by atoms with Crippen LogP contribution in [0.15, 0.2) is 12.2 Å². The van der Waals surface area contributed by atoms with Crippen molar-refractivity contribution in [3.8, 4) is 0 Å². The molecule has 3 unspecified atom stereocenters. The second kappa shape index (κ2) is 6.54. The molecule has 5 nitrogen and oxygen atoms in total. The van der Waals surface area contributed by atoms with E-state index in [9.17, 15) is 14.7 Å². The van der Waals surface area contributed by atoms with Crippen LogP contribution in [0, 0.1) is 17.8 Å². The van der Waals surface area contributed by atoms with E-state index in [0.29, 0.717) is 12.8 Å². The van der Waals surface area contributed by atoms with Gasteiger partial charge in [-0.2, -0.15) is 0 Å². The van der Waals surface area contributed by atoms with Crippen LogP contribution in [-0.2, 0) is 9.59 Å². The topological polar surface area (TPSA) is 86.6 Å². The van der Waals surface area contributed by atoms with Gasteiger partial charge < -0.3 is 15.5 Å². The van der Waals surface area contributed by atoms with Crippen LogP contribution in [0.4, 0.5) is 0 Å². The third-order valence-corrected chi connectivity index (χ3v) is 3.42. The number of nitrogens with one attached hydrogen (secondary N) is 1. The smallest absolute Gasteiger partial charge is 0.307 e. The number of carboxylic acid groups (broad SMARTS) is 1. The van der Waals surface area contributed by atoms with Gasteiger partial charge in [0.1, 0.15) is 0 Å². The standard InChI is InChI=1S/C13H21NO4/c1-8(2)11(7-15)14-12(16)9-5-3-4-6-10(9)13(17)18/h3-4,8-11,15H,5-7H2,1-2H3,(H,14,16)(H,17,18). The van der Waals surface area contributed by atoms with E-state index >= 15 is 0 Å². The Morgan fingerprint density at radius 3 is 2.28 bits per heavy atom. The Labute approximate surface area is 107 Å². The van der Waals surface area contributed by atoms with E-state index < -0.39 is 17.8 Å². The van der Waals surface area contributed by atoms with E-state index in [2.05, 4.69) is 5.32 Å². The Bertz CT molecular complexity index is 338. The van der Waals surface area contributed by atoms with Crippen LogP contribution in [-0.4, -0.2) is 34.7 Å². The first-order valence-corrected chi connectivity index (χ1v) is 6.26. The Balaban J connectivity index is 2.69. The molecule has 0 saturated heterocycles. The van der Waals surface area contributed by atoms with Crippen molar-refractivity contribution in [3.05, 3.63) is 12.2 Å². The predicted molar refractivity (Wildman–Crippen MR) is 66.8 cm³/mol. The largest absolute Gasteiger partial charge is 0.481 e. The lowest BCUT2D eigenvalue weighted by Gasteiger charge is -2.27. The maximum absolute atomic E-state index is 12.1. The van der Waals surface area contributed by atoms with E-state index in [1.807, 2.05) is 19.9 Å². The fraction of sp³-hybridized carbons (Fsp3) is 0.692. The summed E-state index contributed by atoms with van der Waals surface area (Å²) in [5, 5.41) is 21.0. The highest BCUT2D eigenvalue weighted by molar-refractivity contribution is 5.85. The van der Waals surface area contributed by atoms with E-state index in [4.69, 9.17) is 5.11 Å². The normalized spacial score (nSPS) is 24.9. The summed E-state index contributed by atoms with van der Waals surface area (Å²) in [4.78, 5) is 23.2. The summed E-state index contributed by atoms with van der Waals surface area (Å²) in [6.07, 6.45) is 4.47. The quantitative estimate of drug-likeness (QED) is 0.634. The molecule has 0 saturated carbocycles. The van der Waals surface area contributed by atoms with Gasteiger partial charge in [-0.1, -0.05) is 26.0 Å². The Hall–Kier alpha value is -1.36. The van der Waals surface area contributed by atoms with Gasteiger partial charge >= 0.3 is 5.97 Å². The molecule has 0 aromatic carbocycles. The number of hydrogen-bond acceptors (Lipinski definition) is 3. The number of carbonyl (C=O) groups is 2. The number of hydrogen-bond donors (Lipinski definition) is 3. The molecule has 0 heterocycles. The van der Waals surface area contributed by atoms with E-state index in [1.165, 1.54) is 0 Å². The van der Waals surface area contributed by atoms with Crippen LogP contribution in [0.3, 0.4) is 0 Å². The molecule has 1 aliphatic carbocycles. The fourth-order valence-electron chi connectivity index (χ4n) is 2.09. The van der Waals surface area contributed by atoms with Crippen molar-refractivity contribution in [1.82, 2.24) is 5.32 Å². The molecule has 0 aromatic heterocycles. The van der Waals surface area contributed by atoms with Crippen LogP contribution in [0.2, 0.25) is 0 Å². The number of aliphatic carboxylic acids is 1. The highest BCUT2D eigenvalue weighted by Crippen LogP contribution is 2.26. The molecule has 3 atom stereocenters. The average molecular weight is 255 g/mol. The third kappa shape index (κ3) is 3.57. The fourth-order valence-corrected chi connectivity index (χ4v) is 2.09. The van der Waals surface area contributed by atoms with E-state index in [0.717, 1.165) is 0 Å². The summed E-state index contributed by atoms with van der Waals surface area (Å²) in [6, 6.07) is -0.321. The van der Waals surface area contributed by atoms with Gasteiger partial charge in [0, 0.05) is 0 Å². The van der Waals surface area contributed by atoms with Crippen LogP contribution in [0.1, 0.15) is 26.7 Å². The second-order valence-corrected chi connectivity index (χ2v) is 5.04. The zero-order valence-electron chi connectivity index (χ0n) is 10.8. The van der Waals surface area contributed by atoms with Crippen molar-refractivity contribution >= 4 is 11.9 Å². The molecule has 3 N–H and O–H groups in total. The number of allylic oxidation sites excluding steroid dienone is 2. The molecular formula is C13H21NO4. The molecular weight excluding hydrogens is 234 g/mol. The minimum Gasteiger partial charge on any atom is -0.481 e. The summed E-state index contributed by atoms with van der Waals surface area (Å²) in [6.45, 7) is 3.66. The van der Waals surface area contributed by atoms with Crippen molar-refractivity contribution in [3.63, 3.8) is 0 Å². The lowest BCUT2D eigenvalue weighted by atomic mass is 9.82.